The second-order valence-corrected chi connectivity index (χ2v) is 7.65. The van der Waals surface area contributed by atoms with E-state index in [0.29, 0.717) is 6.17 Å². The second kappa shape index (κ2) is 2.67. The lowest BCUT2D eigenvalue weighted by Gasteiger charge is -2.09. The molecule has 0 amide bonds. The first kappa shape index (κ1) is 6.30. The molecule has 0 saturated carbocycles. The van der Waals surface area contributed by atoms with Crippen molar-refractivity contribution in [3.63, 3.8) is 0 Å². The Morgan fingerprint density at radius 2 is 2.20 bits per heavy atom. The van der Waals surface area contributed by atoms with Gasteiger partial charge in [0.1, 0.15) is 5.30 Å². The third-order valence-electron chi connectivity index (χ3n) is 1.32. The van der Waals surface area contributed by atoms with E-state index >= 15 is 0 Å². The zero-order valence-electron chi connectivity index (χ0n) is 7.63. The summed E-state index contributed by atoms with van der Waals surface area (Å²) in [6.07, 6.45) is 2.11. The van der Waals surface area contributed by atoms with E-state index in [9.17, 15) is 0 Å². The molecule has 0 unspecified atom stereocenters. The second-order valence-electron chi connectivity index (χ2n) is 3.15. The van der Waals surface area contributed by atoms with Crippen molar-refractivity contribution in [2.24, 2.45) is 0 Å². The van der Waals surface area contributed by atoms with E-state index in [1.54, 1.807) is 6.20 Å². The maximum absolute atomic E-state index is 7.54. The fourth-order valence-electron chi connectivity index (χ4n) is 0.691. The number of rotatable bonds is 1. The summed E-state index contributed by atoms with van der Waals surface area (Å²) < 4.78 is 7.54. The summed E-state index contributed by atoms with van der Waals surface area (Å²) in [5.41, 5.74) is 0. The molecule has 0 spiro atoms. The summed E-state index contributed by atoms with van der Waals surface area (Å²) >= 11 is 0. The van der Waals surface area contributed by atoms with Crippen LogP contribution in [-0.2, 0) is 0 Å². The van der Waals surface area contributed by atoms with Gasteiger partial charge in [-0.3, -0.25) is 4.98 Å². The van der Waals surface area contributed by atoms with Gasteiger partial charge in [-0.2, -0.15) is 0 Å². The van der Waals surface area contributed by atoms with E-state index in [0.717, 1.165) is 5.30 Å². The average Bonchev–Trinajstić information content (AvgIpc) is 1.86. The van der Waals surface area contributed by atoms with Crippen molar-refractivity contribution in [1.29, 1.82) is 0 Å². The molecular weight excluding hydrogens is 141 g/mol. The zero-order valence-corrected chi connectivity index (χ0v) is 7.52. The van der Waals surface area contributed by atoms with Gasteiger partial charge in [-0.05, 0) is 12.1 Å². The van der Waals surface area contributed by atoms with Crippen LogP contribution in [0.1, 0.15) is 1.37 Å². The van der Waals surface area contributed by atoms with Crippen molar-refractivity contribution in [3.05, 3.63) is 24.5 Å². The lowest BCUT2D eigenvalue weighted by atomic mass is 10.5. The van der Waals surface area contributed by atoms with Crippen molar-refractivity contribution in [1.82, 2.24) is 4.98 Å². The first-order valence-electron chi connectivity index (χ1n) is 3.75. The summed E-state index contributed by atoms with van der Waals surface area (Å²) in [5, 5.41) is 1.11. The lowest BCUT2D eigenvalue weighted by Crippen LogP contribution is -2.07. The molecule has 0 saturated heterocycles. The van der Waals surface area contributed by atoms with Crippen molar-refractivity contribution in [2.75, 3.05) is 20.0 Å². The largest absolute Gasteiger partial charge is 0.261 e. The predicted octanol–water partition coefficient (Wildman–Crippen LogP) is 1.61. The molecule has 1 nitrogen and oxygen atoms in total. The summed E-state index contributed by atoms with van der Waals surface area (Å²) in [6.45, 7) is 6.59. The van der Waals surface area contributed by atoms with Gasteiger partial charge in [-0.25, -0.2) is 0 Å². The highest BCUT2D eigenvalue weighted by atomic mass is 31.2. The molecule has 0 aliphatic rings. The van der Waals surface area contributed by atoms with E-state index in [-0.39, 0.29) is 0 Å². The maximum atomic E-state index is 7.54. The van der Waals surface area contributed by atoms with Crippen LogP contribution in [0.3, 0.4) is 0 Å². The minimum Gasteiger partial charge on any atom is -0.261 e. The minimum atomic E-state index is -1.06. The Balaban J connectivity index is 3.14. The molecule has 0 radical (unpaired) electrons. The molecule has 0 fully saturated rings. The van der Waals surface area contributed by atoms with Crippen LogP contribution >= 0.6 is 7.26 Å². The number of hydrogen-bond acceptors (Lipinski definition) is 1. The van der Waals surface area contributed by atoms with Gasteiger partial charge in [-0.15, -0.1) is 0 Å². The Hall–Kier alpha value is -0.420. The van der Waals surface area contributed by atoms with Crippen LogP contribution in [0.4, 0.5) is 0 Å². The zero-order chi connectivity index (χ0) is 8.48. The average molecular weight is 155 g/mol. The van der Waals surface area contributed by atoms with Crippen LogP contribution in [0.15, 0.2) is 24.5 Å². The molecule has 1 heterocycles. The van der Waals surface area contributed by atoms with Gasteiger partial charge in [-0.1, -0.05) is 0 Å². The van der Waals surface area contributed by atoms with Gasteiger partial charge in [0.25, 0.3) is 0 Å². The summed E-state index contributed by atoms with van der Waals surface area (Å²) in [5.74, 6) is 0. The molecule has 0 aromatic carbocycles. The van der Waals surface area contributed by atoms with Crippen molar-refractivity contribution < 1.29 is 1.37 Å². The van der Waals surface area contributed by atoms with Gasteiger partial charge >= 0.3 is 0 Å². The highest BCUT2D eigenvalue weighted by Crippen LogP contribution is 2.44. The molecule has 1 aromatic heterocycles. The van der Waals surface area contributed by atoms with Crippen LogP contribution in [0.25, 0.3) is 0 Å². The molecule has 0 atom stereocenters. The number of hydrogen-bond donors (Lipinski definition) is 0. The molecule has 2 heteroatoms. The maximum Gasteiger partial charge on any atom is 0.111 e. The van der Waals surface area contributed by atoms with Gasteiger partial charge < -0.3 is 0 Å². The van der Waals surface area contributed by atoms with E-state index in [1.807, 2.05) is 12.1 Å². The fourth-order valence-corrected chi connectivity index (χ4v) is 1.58. The van der Waals surface area contributed by atoms with E-state index < -0.39 is 7.26 Å². The highest BCUT2D eigenvalue weighted by Gasteiger charge is 2.20. The third kappa shape index (κ3) is 1.78. The SMILES string of the molecule is [2H]c1ncccc1[P+](C)(C)C. The van der Waals surface area contributed by atoms with Gasteiger partial charge in [0.05, 0.1) is 27.5 Å². The minimum absolute atomic E-state index is 0.438. The molecule has 0 bridgehead atoms. The molecule has 54 valence electrons. The normalized spacial score (nSPS) is 12.9. The molecule has 0 N–H and O–H groups in total. The fraction of sp³-hybridized carbons (Fsp3) is 0.375. The van der Waals surface area contributed by atoms with E-state index in [1.165, 1.54) is 0 Å². The standard InChI is InChI=1S/C8H13NP/c1-10(2,3)8-5-4-6-9-7-8/h4-7H,1-3H3/q+1/i7D. The van der Waals surface area contributed by atoms with Gasteiger partial charge in [0.15, 0.2) is 0 Å². The number of aromatic nitrogens is 1. The van der Waals surface area contributed by atoms with Crippen LogP contribution < -0.4 is 5.30 Å². The Morgan fingerprint density at radius 1 is 1.50 bits per heavy atom. The lowest BCUT2D eigenvalue weighted by molar-refractivity contribution is 1.35. The smallest absolute Gasteiger partial charge is 0.111 e. The summed E-state index contributed by atoms with van der Waals surface area (Å²) in [7, 11) is -1.06. The van der Waals surface area contributed by atoms with Crippen molar-refractivity contribution >= 4 is 12.6 Å². The highest BCUT2D eigenvalue weighted by molar-refractivity contribution is 7.80. The van der Waals surface area contributed by atoms with E-state index in [4.69, 9.17) is 1.37 Å². The molecular formula is C8H13NP+. The third-order valence-corrected chi connectivity index (χ3v) is 3.01. The molecule has 1 rings (SSSR count). The topological polar surface area (TPSA) is 12.9 Å². The van der Waals surface area contributed by atoms with Gasteiger partial charge in [0.2, 0.25) is 0 Å². The Bertz CT molecular complexity index is 255. The quantitative estimate of drug-likeness (QED) is 0.561. The molecule has 10 heavy (non-hydrogen) atoms. The predicted molar refractivity (Wildman–Crippen MR) is 48.6 cm³/mol. The Labute approximate surface area is 64.2 Å². The number of nitrogens with zero attached hydrogens (tertiary/aromatic N) is 1. The van der Waals surface area contributed by atoms with Crippen LogP contribution in [0, 0.1) is 0 Å². The first-order valence-corrected chi connectivity index (χ1v) is 6.38. The Kier molecular flexibility index (Phi) is 1.68. The van der Waals surface area contributed by atoms with Crippen LogP contribution in [0.2, 0.25) is 0 Å². The number of pyridine rings is 1. The molecule has 1 aromatic rings. The van der Waals surface area contributed by atoms with Crippen LogP contribution in [-0.4, -0.2) is 25.0 Å². The summed E-state index contributed by atoms with van der Waals surface area (Å²) in [6, 6.07) is 3.90. The molecule has 0 aliphatic carbocycles. The first-order chi connectivity index (χ1) is 5.02. The van der Waals surface area contributed by atoms with Crippen molar-refractivity contribution in [2.45, 2.75) is 0 Å². The van der Waals surface area contributed by atoms with Crippen LogP contribution in [0.5, 0.6) is 0 Å². The Morgan fingerprint density at radius 3 is 2.60 bits per heavy atom. The summed E-state index contributed by atoms with van der Waals surface area (Å²) in [4.78, 5) is 3.94. The monoisotopic (exact) mass is 155 g/mol. The van der Waals surface area contributed by atoms with E-state index in [2.05, 4.69) is 25.0 Å². The molecule has 0 aliphatic heterocycles. The van der Waals surface area contributed by atoms with Crippen molar-refractivity contribution in [3.8, 4) is 0 Å². The van der Waals surface area contributed by atoms with Gasteiger partial charge in [0, 0.05) is 13.5 Å².